The highest BCUT2D eigenvalue weighted by Gasteiger charge is 2.21. The van der Waals surface area contributed by atoms with Gasteiger partial charge in [-0.25, -0.2) is 0 Å². The summed E-state index contributed by atoms with van der Waals surface area (Å²) in [5.41, 5.74) is 0.318. The number of rotatable bonds is 2. The van der Waals surface area contributed by atoms with E-state index in [-0.39, 0.29) is 0 Å². The summed E-state index contributed by atoms with van der Waals surface area (Å²) in [6.45, 7) is 8.94. The van der Waals surface area contributed by atoms with E-state index in [4.69, 9.17) is 11.6 Å². The molecule has 1 aromatic heterocycles. The third-order valence-electron chi connectivity index (χ3n) is 2.40. The van der Waals surface area contributed by atoms with Crippen LogP contribution in [0.25, 0.3) is 0 Å². The second kappa shape index (κ2) is 3.93. The zero-order chi connectivity index (χ0) is 10.1. The minimum absolute atomic E-state index is 0.318. The van der Waals surface area contributed by atoms with E-state index in [1.54, 1.807) is 0 Å². The second-order valence-corrected chi connectivity index (χ2v) is 6.06. The van der Waals surface area contributed by atoms with Crippen LogP contribution < -0.4 is 0 Å². The molecule has 0 saturated carbocycles. The fourth-order valence-electron chi connectivity index (χ4n) is 0.884. The minimum atomic E-state index is 0.318. The van der Waals surface area contributed by atoms with Gasteiger partial charge in [-0.05, 0) is 22.9 Å². The van der Waals surface area contributed by atoms with Crippen molar-refractivity contribution in [2.45, 2.75) is 34.1 Å². The van der Waals surface area contributed by atoms with Gasteiger partial charge in [-0.3, -0.25) is 0 Å². The van der Waals surface area contributed by atoms with Crippen LogP contribution in [0.15, 0.2) is 0 Å². The molecule has 0 aliphatic heterocycles. The number of halogens is 1. The molecule has 0 aliphatic carbocycles. The van der Waals surface area contributed by atoms with Gasteiger partial charge in [-0.15, -0.1) is 10.2 Å². The number of hydrogen-bond donors (Lipinski definition) is 0. The summed E-state index contributed by atoms with van der Waals surface area (Å²) in [5.74, 6) is 0.594. The van der Waals surface area contributed by atoms with Gasteiger partial charge >= 0.3 is 0 Å². The van der Waals surface area contributed by atoms with Crippen molar-refractivity contribution < 1.29 is 0 Å². The van der Waals surface area contributed by atoms with Crippen LogP contribution in [-0.2, 0) is 6.42 Å². The minimum Gasteiger partial charge on any atom is -0.142 e. The highest BCUT2D eigenvalue weighted by Crippen LogP contribution is 2.29. The Kier molecular flexibility index (Phi) is 3.30. The van der Waals surface area contributed by atoms with Gasteiger partial charge in [0, 0.05) is 6.42 Å². The van der Waals surface area contributed by atoms with Gasteiger partial charge in [0.25, 0.3) is 0 Å². The smallest absolute Gasteiger partial charge is 0.142 e. The highest BCUT2D eigenvalue weighted by molar-refractivity contribution is 7.15. The third-order valence-corrected chi connectivity index (χ3v) is 3.44. The predicted octanol–water partition coefficient (Wildman–Crippen LogP) is 3.42. The van der Waals surface area contributed by atoms with Crippen LogP contribution in [0.3, 0.4) is 0 Å². The second-order valence-electron chi connectivity index (χ2n) is 4.42. The molecule has 0 fully saturated rings. The lowest BCUT2D eigenvalue weighted by atomic mass is 9.80. The van der Waals surface area contributed by atoms with E-state index in [1.807, 2.05) is 0 Å². The SMILES string of the molecule is CC(Cc1nnc(Cl)s1)C(C)(C)C. The van der Waals surface area contributed by atoms with Gasteiger partial charge in [-0.2, -0.15) is 0 Å². The maximum Gasteiger partial charge on any atom is 0.207 e. The number of nitrogens with zero attached hydrogens (tertiary/aromatic N) is 2. The maximum absolute atomic E-state index is 5.70. The van der Waals surface area contributed by atoms with Crippen LogP contribution in [-0.4, -0.2) is 10.2 Å². The molecule has 0 spiro atoms. The lowest BCUT2D eigenvalue weighted by Crippen LogP contribution is -2.19. The van der Waals surface area contributed by atoms with E-state index < -0.39 is 0 Å². The quantitative estimate of drug-likeness (QED) is 0.760. The Labute approximate surface area is 88.3 Å². The average Bonchev–Trinajstić information content (AvgIpc) is 2.33. The van der Waals surface area contributed by atoms with Crippen LogP contribution in [0, 0.1) is 11.3 Å². The molecule has 0 bridgehead atoms. The Balaban J connectivity index is 2.60. The van der Waals surface area contributed by atoms with Crippen molar-refractivity contribution in [2.24, 2.45) is 11.3 Å². The Morgan fingerprint density at radius 1 is 1.38 bits per heavy atom. The van der Waals surface area contributed by atoms with E-state index in [1.165, 1.54) is 11.3 Å². The fourth-order valence-corrected chi connectivity index (χ4v) is 1.88. The van der Waals surface area contributed by atoms with Crippen molar-refractivity contribution in [1.29, 1.82) is 0 Å². The molecule has 0 N–H and O–H groups in total. The fraction of sp³-hybridized carbons (Fsp3) is 0.778. The lowest BCUT2D eigenvalue weighted by Gasteiger charge is -2.26. The van der Waals surface area contributed by atoms with Crippen LogP contribution >= 0.6 is 22.9 Å². The molecular weight excluding hydrogens is 204 g/mol. The van der Waals surface area contributed by atoms with Crippen LogP contribution in [0.1, 0.15) is 32.7 Å². The van der Waals surface area contributed by atoms with Gasteiger partial charge < -0.3 is 0 Å². The Bertz CT molecular complexity index is 277. The largest absolute Gasteiger partial charge is 0.207 e. The van der Waals surface area contributed by atoms with Gasteiger partial charge in [0.1, 0.15) is 5.01 Å². The molecule has 1 unspecified atom stereocenters. The molecule has 0 aliphatic rings. The zero-order valence-corrected chi connectivity index (χ0v) is 10.0. The molecule has 0 amide bonds. The summed E-state index contributed by atoms with van der Waals surface area (Å²) in [7, 11) is 0. The first-order chi connectivity index (χ1) is 5.89. The molecule has 1 aromatic rings. The molecule has 13 heavy (non-hydrogen) atoms. The van der Waals surface area contributed by atoms with Crippen molar-refractivity contribution in [3.63, 3.8) is 0 Å². The monoisotopic (exact) mass is 218 g/mol. The molecule has 1 rings (SSSR count). The first kappa shape index (κ1) is 10.9. The van der Waals surface area contributed by atoms with Gasteiger partial charge in [0.2, 0.25) is 4.47 Å². The maximum atomic E-state index is 5.70. The lowest BCUT2D eigenvalue weighted by molar-refractivity contribution is 0.259. The molecular formula is C9H15ClN2S. The van der Waals surface area contributed by atoms with Gasteiger partial charge in [0.15, 0.2) is 0 Å². The summed E-state index contributed by atoms with van der Waals surface area (Å²) in [6.07, 6.45) is 0.966. The summed E-state index contributed by atoms with van der Waals surface area (Å²) in [4.78, 5) is 0. The van der Waals surface area contributed by atoms with E-state index >= 15 is 0 Å². The van der Waals surface area contributed by atoms with Crippen molar-refractivity contribution in [3.05, 3.63) is 9.47 Å². The summed E-state index contributed by atoms with van der Waals surface area (Å²) in [5, 5.41) is 8.83. The van der Waals surface area contributed by atoms with E-state index in [0.29, 0.717) is 15.8 Å². The predicted molar refractivity (Wildman–Crippen MR) is 57.2 cm³/mol. The molecule has 2 nitrogen and oxygen atoms in total. The van der Waals surface area contributed by atoms with Crippen molar-refractivity contribution in [1.82, 2.24) is 10.2 Å². The molecule has 0 saturated heterocycles. The summed E-state index contributed by atoms with van der Waals surface area (Å²) < 4.78 is 0.538. The van der Waals surface area contributed by atoms with Crippen molar-refractivity contribution >= 4 is 22.9 Å². The Morgan fingerprint density at radius 2 is 2.00 bits per heavy atom. The van der Waals surface area contributed by atoms with Gasteiger partial charge in [-0.1, -0.05) is 39.0 Å². The number of hydrogen-bond acceptors (Lipinski definition) is 3. The molecule has 0 aromatic carbocycles. The van der Waals surface area contributed by atoms with Crippen LogP contribution in [0.5, 0.6) is 0 Å². The standard InChI is InChI=1S/C9H15ClN2S/c1-6(9(2,3)4)5-7-11-12-8(10)13-7/h6H,5H2,1-4H3. The molecule has 0 radical (unpaired) electrons. The Hall–Kier alpha value is -0.150. The summed E-state index contributed by atoms with van der Waals surface area (Å²) in [6, 6.07) is 0. The molecule has 1 heterocycles. The Morgan fingerprint density at radius 3 is 2.38 bits per heavy atom. The molecule has 1 atom stereocenters. The average molecular weight is 219 g/mol. The van der Waals surface area contributed by atoms with Crippen LogP contribution in [0.4, 0.5) is 0 Å². The summed E-state index contributed by atoms with van der Waals surface area (Å²) >= 11 is 7.18. The number of aromatic nitrogens is 2. The molecule has 74 valence electrons. The van der Waals surface area contributed by atoms with Crippen LogP contribution in [0.2, 0.25) is 4.47 Å². The zero-order valence-electron chi connectivity index (χ0n) is 8.47. The topological polar surface area (TPSA) is 25.8 Å². The first-order valence-corrected chi connectivity index (χ1v) is 5.57. The van der Waals surface area contributed by atoms with E-state index in [0.717, 1.165) is 11.4 Å². The normalized spacial score (nSPS) is 14.5. The van der Waals surface area contributed by atoms with Crippen molar-refractivity contribution in [2.75, 3.05) is 0 Å². The highest BCUT2D eigenvalue weighted by atomic mass is 35.5. The van der Waals surface area contributed by atoms with E-state index in [2.05, 4.69) is 37.9 Å². The van der Waals surface area contributed by atoms with E-state index in [9.17, 15) is 0 Å². The molecule has 4 heteroatoms. The first-order valence-electron chi connectivity index (χ1n) is 4.37. The van der Waals surface area contributed by atoms with Crippen molar-refractivity contribution in [3.8, 4) is 0 Å². The third kappa shape index (κ3) is 3.24. The van der Waals surface area contributed by atoms with Gasteiger partial charge in [0.05, 0.1) is 0 Å².